The van der Waals surface area contributed by atoms with Gasteiger partial charge in [-0.3, -0.25) is 14.6 Å². The Morgan fingerprint density at radius 1 is 1.24 bits per heavy atom. The number of amides is 1. The first-order chi connectivity index (χ1) is 10.0. The molecule has 6 nitrogen and oxygen atoms in total. The lowest BCUT2D eigenvalue weighted by molar-refractivity contribution is -0.138. The predicted molar refractivity (Wildman–Crippen MR) is 74.7 cm³/mol. The van der Waals surface area contributed by atoms with Crippen molar-refractivity contribution in [2.45, 2.75) is 51.1 Å². The molecule has 2 bridgehead atoms. The molecule has 0 aliphatic carbocycles. The van der Waals surface area contributed by atoms with Gasteiger partial charge in [0.25, 0.3) is 5.91 Å². The summed E-state index contributed by atoms with van der Waals surface area (Å²) in [5.74, 6) is -0.625. The molecule has 2 unspecified atom stereocenters. The molecule has 3 rings (SSSR count). The van der Waals surface area contributed by atoms with E-state index in [0.717, 1.165) is 31.4 Å². The molecule has 6 heteroatoms. The molecule has 2 aliphatic rings. The Hall–Kier alpha value is -1.98. The number of aryl methyl sites for hydroxylation is 1. The van der Waals surface area contributed by atoms with Crippen LogP contribution in [0.5, 0.6) is 0 Å². The van der Waals surface area contributed by atoms with Crippen LogP contribution in [0.25, 0.3) is 0 Å². The summed E-state index contributed by atoms with van der Waals surface area (Å²) in [5.41, 5.74) is 1.17. The Balaban J connectivity index is 1.74. The predicted octanol–water partition coefficient (Wildman–Crippen LogP) is 1.64. The zero-order chi connectivity index (χ0) is 15.0. The van der Waals surface area contributed by atoms with Gasteiger partial charge >= 0.3 is 5.97 Å². The molecule has 1 N–H and O–H groups in total. The molecule has 0 saturated carbocycles. The maximum Gasteiger partial charge on any atom is 0.303 e. The fraction of sp³-hybridized carbons (Fsp3) is 0.600. The van der Waals surface area contributed by atoms with E-state index in [-0.39, 0.29) is 30.3 Å². The van der Waals surface area contributed by atoms with Crippen LogP contribution in [-0.4, -0.2) is 43.9 Å². The first-order valence-electron chi connectivity index (χ1n) is 7.37. The van der Waals surface area contributed by atoms with Crippen molar-refractivity contribution in [2.24, 2.45) is 5.92 Å². The fourth-order valence-corrected chi connectivity index (χ4v) is 3.67. The first-order valence-corrected chi connectivity index (χ1v) is 7.37. The maximum atomic E-state index is 12.6. The number of hydrogen-bond acceptors (Lipinski definition) is 4. The third-order valence-electron chi connectivity index (χ3n) is 4.53. The zero-order valence-corrected chi connectivity index (χ0v) is 12.0. The van der Waals surface area contributed by atoms with Crippen LogP contribution >= 0.6 is 0 Å². The Morgan fingerprint density at radius 2 is 1.90 bits per heavy atom. The van der Waals surface area contributed by atoms with Gasteiger partial charge in [-0.1, -0.05) is 0 Å². The lowest BCUT2D eigenvalue weighted by Gasteiger charge is -2.38. The van der Waals surface area contributed by atoms with Gasteiger partial charge in [0.1, 0.15) is 5.69 Å². The van der Waals surface area contributed by atoms with Crippen molar-refractivity contribution in [1.82, 2.24) is 14.9 Å². The summed E-state index contributed by atoms with van der Waals surface area (Å²) in [6.45, 7) is 1.84. The van der Waals surface area contributed by atoms with Gasteiger partial charge in [0.2, 0.25) is 0 Å². The van der Waals surface area contributed by atoms with Crippen molar-refractivity contribution in [3.63, 3.8) is 0 Å². The molecule has 1 aromatic rings. The van der Waals surface area contributed by atoms with Gasteiger partial charge in [-0.2, -0.15) is 0 Å². The summed E-state index contributed by atoms with van der Waals surface area (Å²) in [5, 5.41) is 8.94. The smallest absolute Gasteiger partial charge is 0.303 e. The highest BCUT2D eigenvalue weighted by molar-refractivity contribution is 5.92. The topological polar surface area (TPSA) is 83.4 Å². The Bertz CT molecular complexity index is 544. The van der Waals surface area contributed by atoms with Crippen LogP contribution < -0.4 is 0 Å². The van der Waals surface area contributed by atoms with E-state index in [1.54, 1.807) is 6.20 Å². The Labute approximate surface area is 123 Å². The summed E-state index contributed by atoms with van der Waals surface area (Å²) in [4.78, 5) is 33.7. The first kappa shape index (κ1) is 14.0. The number of aromatic nitrogens is 2. The minimum Gasteiger partial charge on any atom is -0.481 e. The van der Waals surface area contributed by atoms with Gasteiger partial charge in [0.15, 0.2) is 0 Å². The maximum absolute atomic E-state index is 12.6. The SMILES string of the molecule is Cc1cnc(C(=O)N2C3CCC2CC(CC(=O)O)C3)cn1. The molecule has 21 heavy (non-hydrogen) atoms. The number of aliphatic carboxylic acids is 1. The van der Waals surface area contributed by atoms with Crippen molar-refractivity contribution in [2.75, 3.05) is 0 Å². The monoisotopic (exact) mass is 289 g/mol. The summed E-state index contributed by atoms with van der Waals surface area (Å²) >= 11 is 0. The summed E-state index contributed by atoms with van der Waals surface area (Å²) in [7, 11) is 0. The minimum atomic E-state index is -0.747. The van der Waals surface area contributed by atoms with Crippen LogP contribution in [0.2, 0.25) is 0 Å². The van der Waals surface area contributed by atoms with E-state index in [1.807, 2.05) is 11.8 Å². The van der Waals surface area contributed by atoms with Crippen molar-refractivity contribution >= 4 is 11.9 Å². The highest BCUT2D eigenvalue weighted by Gasteiger charge is 2.44. The largest absolute Gasteiger partial charge is 0.481 e. The fourth-order valence-electron chi connectivity index (χ4n) is 3.67. The molecular formula is C15H19N3O3. The second-order valence-corrected chi connectivity index (χ2v) is 6.08. The number of fused-ring (bicyclic) bond motifs is 2. The molecule has 0 radical (unpaired) electrons. The molecule has 2 aliphatic heterocycles. The van der Waals surface area contributed by atoms with Gasteiger partial charge in [-0.25, -0.2) is 4.98 Å². The van der Waals surface area contributed by atoms with E-state index in [2.05, 4.69) is 9.97 Å². The number of carbonyl (C=O) groups is 2. The minimum absolute atomic E-state index is 0.0659. The number of piperidine rings is 1. The van der Waals surface area contributed by atoms with E-state index in [4.69, 9.17) is 5.11 Å². The molecule has 0 aromatic carbocycles. The van der Waals surface area contributed by atoms with Crippen LogP contribution in [0.15, 0.2) is 12.4 Å². The Kier molecular flexibility index (Phi) is 3.61. The van der Waals surface area contributed by atoms with Gasteiger partial charge in [-0.15, -0.1) is 0 Å². The average Bonchev–Trinajstić information content (AvgIpc) is 2.70. The number of hydrogen-bond donors (Lipinski definition) is 1. The lowest BCUT2D eigenvalue weighted by Crippen LogP contribution is -2.47. The van der Waals surface area contributed by atoms with Gasteiger partial charge in [0, 0.05) is 24.7 Å². The van der Waals surface area contributed by atoms with Crippen LogP contribution in [-0.2, 0) is 4.79 Å². The van der Waals surface area contributed by atoms with E-state index in [0.29, 0.717) is 5.69 Å². The van der Waals surface area contributed by atoms with E-state index < -0.39 is 5.97 Å². The summed E-state index contributed by atoms with van der Waals surface area (Å²) in [6, 6.07) is 0.312. The number of rotatable bonds is 3. The second-order valence-electron chi connectivity index (χ2n) is 6.08. The second kappa shape index (κ2) is 5.42. The van der Waals surface area contributed by atoms with Crippen molar-refractivity contribution in [3.8, 4) is 0 Å². The summed E-state index contributed by atoms with van der Waals surface area (Å²) < 4.78 is 0. The Morgan fingerprint density at radius 3 is 2.43 bits per heavy atom. The summed E-state index contributed by atoms with van der Waals surface area (Å²) in [6.07, 6.45) is 6.84. The number of carboxylic acids is 1. The normalized spacial score (nSPS) is 27.7. The third kappa shape index (κ3) is 2.75. The highest BCUT2D eigenvalue weighted by Crippen LogP contribution is 2.40. The molecule has 2 fully saturated rings. The van der Waals surface area contributed by atoms with Crippen molar-refractivity contribution in [3.05, 3.63) is 23.8 Å². The van der Waals surface area contributed by atoms with Gasteiger partial charge < -0.3 is 10.0 Å². The molecule has 2 atom stereocenters. The standard InChI is InChI=1S/C15H19N3O3/c1-9-7-17-13(8-16-9)15(21)18-11-2-3-12(18)5-10(4-11)6-14(19)20/h7-8,10-12H,2-6H2,1H3,(H,19,20). The quantitative estimate of drug-likeness (QED) is 0.914. The van der Waals surface area contributed by atoms with Crippen molar-refractivity contribution < 1.29 is 14.7 Å². The molecule has 0 spiro atoms. The lowest BCUT2D eigenvalue weighted by atomic mass is 9.88. The van der Waals surface area contributed by atoms with E-state index in [9.17, 15) is 9.59 Å². The van der Waals surface area contributed by atoms with Crippen molar-refractivity contribution in [1.29, 1.82) is 0 Å². The van der Waals surface area contributed by atoms with E-state index in [1.165, 1.54) is 6.20 Å². The molecule has 112 valence electrons. The van der Waals surface area contributed by atoms with E-state index >= 15 is 0 Å². The zero-order valence-electron chi connectivity index (χ0n) is 12.0. The van der Waals surface area contributed by atoms with Crippen LogP contribution in [0.4, 0.5) is 0 Å². The van der Waals surface area contributed by atoms with Crippen LogP contribution in [0, 0.1) is 12.8 Å². The molecule has 1 amide bonds. The van der Waals surface area contributed by atoms with Crippen LogP contribution in [0.3, 0.4) is 0 Å². The molecule has 1 aromatic heterocycles. The highest BCUT2D eigenvalue weighted by atomic mass is 16.4. The molecule has 2 saturated heterocycles. The number of carboxylic acid groups (broad SMARTS) is 1. The third-order valence-corrected chi connectivity index (χ3v) is 4.53. The average molecular weight is 289 g/mol. The number of nitrogens with zero attached hydrogens (tertiary/aromatic N) is 3. The molecule has 3 heterocycles. The number of carbonyl (C=O) groups excluding carboxylic acids is 1. The van der Waals surface area contributed by atoms with Gasteiger partial charge in [0.05, 0.1) is 11.9 Å². The molecular weight excluding hydrogens is 270 g/mol. The van der Waals surface area contributed by atoms with Gasteiger partial charge in [-0.05, 0) is 38.5 Å². The van der Waals surface area contributed by atoms with Crippen LogP contribution in [0.1, 0.15) is 48.3 Å².